The Morgan fingerprint density at radius 3 is 2.03 bits per heavy atom. The molecule has 4 nitrogen and oxygen atoms in total. The van der Waals surface area contributed by atoms with Crippen LogP contribution in [0.15, 0.2) is 108 Å². The number of carbonyl (C=O) groups is 2. The fourth-order valence-corrected chi connectivity index (χ4v) is 3.64. The molecule has 0 aromatic heterocycles. The van der Waals surface area contributed by atoms with Gasteiger partial charge in [0.05, 0.1) is 5.56 Å². The molecule has 1 atom stereocenters. The summed E-state index contributed by atoms with van der Waals surface area (Å²) in [6.45, 7) is 2.33. The van der Waals surface area contributed by atoms with Crippen LogP contribution in [0, 0.1) is 6.92 Å². The van der Waals surface area contributed by atoms with Crippen molar-refractivity contribution in [3.8, 4) is 5.75 Å². The van der Waals surface area contributed by atoms with E-state index in [1.54, 1.807) is 36.4 Å². The molecule has 4 aromatic rings. The minimum atomic E-state index is -1.03. The van der Waals surface area contributed by atoms with Gasteiger partial charge in [-0.3, -0.25) is 4.79 Å². The van der Waals surface area contributed by atoms with E-state index >= 15 is 0 Å². The van der Waals surface area contributed by atoms with E-state index in [4.69, 9.17) is 9.47 Å². The van der Waals surface area contributed by atoms with E-state index in [-0.39, 0.29) is 5.78 Å². The molecule has 0 spiro atoms. The average Bonchev–Trinajstić information content (AvgIpc) is 2.88. The van der Waals surface area contributed by atoms with Crippen molar-refractivity contribution in [1.82, 2.24) is 0 Å². The monoisotopic (exact) mass is 514 g/mol. The van der Waals surface area contributed by atoms with Crippen molar-refractivity contribution in [3.05, 3.63) is 135 Å². The van der Waals surface area contributed by atoms with Gasteiger partial charge in [-0.25, -0.2) is 4.79 Å². The second-order valence-electron chi connectivity index (χ2n) is 7.87. The van der Waals surface area contributed by atoms with Crippen LogP contribution in [0.3, 0.4) is 0 Å². The predicted molar refractivity (Wildman–Crippen MR) is 135 cm³/mol. The molecule has 0 aliphatic rings. The maximum atomic E-state index is 13.2. The molecular weight excluding hydrogens is 492 g/mol. The maximum Gasteiger partial charge on any atom is 0.339 e. The van der Waals surface area contributed by atoms with Gasteiger partial charge in [0.2, 0.25) is 5.78 Å². The highest BCUT2D eigenvalue weighted by Crippen LogP contribution is 2.25. The minimum absolute atomic E-state index is 0.265. The molecule has 4 aromatic carbocycles. The molecule has 0 unspecified atom stereocenters. The molecule has 0 radical (unpaired) electrons. The molecule has 170 valence electrons. The molecule has 0 aliphatic carbocycles. The van der Waals surface area contributed by atoms with E-state index in [1.165, 1.54) is 0 Å². The Bertz CT molecular complexity index is 1250. The van der Waals surface area contributed by atoms with Crippen LogP contribution in [0.5, 0.6) is 5.75 Å². The number of esters is 1. The Hall–Kier alpha value is -3.70. The summed E-state index contributed by atoms with van der Waals surface area (Å²) < 4.78 is 12.5. The van der Waals surface area contributed by atoms with Crippen molar-refractivity contribution in [3.63, 3.8) is 0 Å². The third kappa shape index (κ3) is 6.00. The summed E-state index contributed by atoms with van der Waals surface area (Å²) in [7, 11) is 0. The van der Waals surface area contributed by atoms with E-state index in [0.717, 1.165) is 21.3 Å². The molecule has 0 heterocycles. The normalized spacial score (nSPS) is 11.5. The number of ether oxygens (including phenoxy) is 2. The quantitative estimate of drug-likeness (QED) is 0.185. The number of ketones is 1. The fraction of sp³-hybridized carbons (Fsp3) is 0.103. The molecular formula is C29H23BrO4. The lowest BCUT2D eigenvalue weighted by atomic mass is 9.99. The Kier molecular flexibility index (Phi) is 7.55. The van der Waals surface area contributed by atoms with Gasteiger partial charge < -0.3 is 9.47 Å². The Balaban J connectivity index is 1.47. The molecule has 5 heteroatoms. The topological polar surface area (TPSA) is 52.6 Å². The molecule has 0 amide bonds. The molecule has 0 saturated heterocycles. The average molecular weight is 515 g/mol. The first-order valence-corrected chi connectivity index (χ1v) is 11.6. The van der Waals surface area contributed by atoms with Crippen LogP contribution in [0.2, 0.25) is 0 Å². The lowest BCUT2D eigenvalue weighted by Gasteiger charge is -2.18. The third-order valence-corrected chi connectivity index (χ3v) is 5.84. The van der Waals surface area contributed by atoms with E-state index in [1.807, 2.05) is 73.7 Å². The maximum absolute atomic E-state index is 13.2. The summed E-state index contributed by atoms with van der Waals surface area (Å²) in [5.41, 5.74) is 3.45. The summed E-state index contributed by atoms with van der Waals surface area (Å²) in [4.78, 5) is 26.2. The molecule has 34 heavy (non-hydrogen) atoms. The van der Waals surface area contributed by atoms with Crippen LogP contribution < -0.4 is 4.74 Å². The van der Waals surface area contributed by atoms with Gasteiger partial charge in [0.1, 0.15) is 12.4 Å². The number of benzene rings is 4. The van der Waals surface area contributed by atoms with Crippen molar-refractivity contribution >= 4 is 27.7 Å². The smallest absolute Gasteiger partial charge is 0.339 e. The Labute approximate surface area is 207 Å². The van der Waals surface area contributed by atoms with Crippen LogP contribution >= 0.6 is 15.9 Å². The van der Waals surface area contributed by atoms with Gasteiger partial charge in [0, 0.05) is 15.6 Å². The summed E-state index contributed by atoms with van der Waals surface area (Å²) in [5.74, 6) is -0.0687. The van der Waals surface area contributed by atoms with Gasteiger partial charge in [-0.2, -0.15) is 0 Å². The standard InChI is InChI=1S/C29H23BrO4/c1-20-7-11-22(12-8-20)27(31)28(23-5-3-2-4-6-23)34-29(32)24-13-9-21(10-14-24)19-33-26-17-15-25(30)16-18-26/h2-18,28H,19H2,1H3/t28-/m0/s1. The zero-order valence-corrected chi connectivity index (χ0v) is 20.2. The van der Waals surface area contributed by atoms with Crippen LogP contribution in [0.25, 0.3) is 0 Å². The van der Waals surface area contributed by atoms with Crippen molar-refractivity contribution in [2.24, 2.45) is 0 Å². The largest absolute Gasteiger partial charge is 0.489 e. The minimum Gasteiger partial charge on any atom is -0.489 e. The Morgan fingerprint density at radius 1 is 0.765 bits per heavy atom. The van der Waals surface area contributed by atoms with E-state index in [0.29, 0.717) is 23.3 Å². The number of aryl methyl sites for hydroxylation is 1. The van der Waals surface area contributed by atoms with Crippen LogP contribution in [0.4, 0.5) is 0 Å². The molecule has 0 aliphatic heterocycles. The fourth-order valence-electron chi connectivity index (χ4n) is 3.38. The first kappa shape index (κ1) is 23.5. The van der Waals surface area contributed by atoms with Crippen molar-refractivity contribution in [2.75, 3.05) is 0 Å². The van der Waals surface area contributed by atoms with Gasteiger partial charge in [-0.1, -0.05) is 88.2 Å². The van der Waals surface area contributed by atoms with Crippen LogP contribution in [-0.2, 0) is 11.3 Å². The summed E-state index contributed by atoms with van der Waals surface area (Å²) in [5, 5.41) is 0. The van der Waals surface area contributed by atoms with E-state index in [9.17, 15) is 9.59 Å². The van der Waals surface area contributed by atoms with Gasteiger partial charge in [-0.05, 0) is 48.9 Å². The van der Waals surface area contributed by atoms with Crippen molar-refractivity contribution in [2.45, 2.75) is 19.6 Å². The van der Waals surface area contributed by atoms with Crippen LogP contribution in [-0.4, -0.2) is 11.8 Å². The van der Waals surface area contributed by atoms with Gasteiger partial charge >= 0.3 is 5.97 Å². The Morgan fingerprint density at radius 2 is 1.38 bits per heavy atom. The highest BCUT2D eigenvalue weighted by atomic mass is 79.9. The summed E-state index contributed by atoms with van der Waals surface area (Å²) in [6.07, 6.45) is -1.03. The number of hydrogen-bond donors (Lipinski definition) is 0. The zero-order chi connectivity index (χ0) is 23.9. The van der Waals surface area contributed by atoms with Crippen molar-refractivity contribution in [1.29, 1.82) is 0 Å². The molecule has 0 fully saturated rings. The predicted octanol–water partition coefficient (Wildman–Crippen LogP) is 7.12. The number of carbonyl (C=O) groups excluding carboxylic acids is 2. The van der Waals surface area contributed by atoms with Gasteiger partial charge in [0.25, 0.3) is 0 Å². The van der Waals surface area contributed by atoms with Crippen molar-refractivity contribution < 1.29 is 19.1 Å². The third-order valence-electron chi connectivity index (χ3n) is 5.31. The lowest BCUT2D eigenvalue weighted by Crippen LogP contribution is -2.20. The zero-order valence-electron chi connectivity index (χ0n) is 18.6. The number of rotatable bonds is 8. The summed E-state index contributed by atoms with van der Waals surface area (Å²) in [6, 6.07) is 30.9. The highest BCUT2D eigenvalue weighted by molar-refractivity contribution is 9.10. The van der Waals surface area contributed by atoms with Crippen LogP contribution in [0.1, 0.15) is 43.5 Å². The number of Topliss-reactive ketones (excluding diaryl/α,β-unsaturated/α-hetero) is 1. The first-order valence-electron chi connectivity index (χ1n) is 10.8. The lowest BCUT2D eigenvalue weighted by molar-refractivity contribution is 0.0280. The van der Waals surface area contributed by atoms with E-state index < -0.39 is 12.1 Å². The number of hydrogen-bond acceptors (Lipinski definition) is 4. The number of halogens is 1. The highest BCUT2D eigenvalue weighted by Gasteiger charge is 2.26. The molecule has 4 rings (SSSR count). The van der Waals surface area contributed by atoms with E-state index in [2.05, 4.69) is 15.9 Å². The SMILES string of the molecule is Cc1ccc(C(=O)[C@@H](OC(=O)c2ccc(COc3ccc(Br)cc3)cc2)c2ccccc2)cc1. The van der Waals surface area contributed by atoms with Gasteiger partial charge in [-0.15, -0.1) is 0 Å². The summed E-state index contributed by atoms with van der Waals surface area (Å²) >= 11 is 3.40. The molecule has 0 saturated carbocycles. The van der Waals surface area contributed by atoms with Gasteiger partial charge in [0.15, 0.2) is 6.10 Å². The molecule has 0 N–H and O–H groups in total. The first-order chi connectivity index (χ1) is 16.5. The molecule has 0 bridgehead atoms. The second kappa shape index (κ2) is 10.9. The second-order valence-corrected chi connectivity index (χ2v) is 8.78.